The number of nitrogens with one attached hydrogen (secondary N) is 1. The molecule has 1 amide bonds. The van der Waals surface area contributed by atoms with Gasteiger partial charge in [0, 0.05) is 0 Å². The fourth-order valence-electron chi connectivity index (χ4n) is 2.19. The third-order valence-corrected chi connectivity index (χ3v) is 3.51. The molecule has 1 heterocycles. The number of allylic oxidation sites excluding steroid dienone is 2. The van der Waals surface area contributed by atoms with Crippen LogP contribution in [0.1, 0.15) is 26.2 Å². The number of ether oxygens (including phenoxy) is 1. The molecule has 1 saturated heterocycles. The van der Waals surface area contributed by atoms with E-state index in [9.17, 15) is 9.90 Å². The number of carbonyl (C=O) groups is 1. The summed E-state index contributed by atoms with van der Waals surface area (Å²) in [5.41, 5.74) is -0.322. The Hall–Kier alpha value is -0.870. The smallest absolute Gasteiger partial charge is 0.226 e. The van der Waals surface area contributed by atoms with Crippen molar-refractivity contribution in [3.05, 3.63) is 12.2 Å². The molecule has 4 nitrogen and oxygen atoms in total. The molecular weight excluding hydrogens is 206 g/mol. The van der Waals surface area contributed by atoms with Crippen molar-refractivity contribution in [2.24, 2.45) is 5.41 Å². The van der Waals surface area contributed by atoms with Gasteiger partial charge in [-0.25, -0.2) is 0 Å². The zero-order valence-corrected chi connectivity index (χ0v) is 9.61. The lowest BCUT2D eigenvalue weighted by Gasteiger charge is -2.31. The van der Waals surface area contributed by atoms with E-state index in [1.807, 2.05) is 6.92 Å². The van der Waals surface area contributed by atoms with Gasteiger partial charge in [0.1, 0.15) is 0 Å². The van der Waals surface area contributed by atoms with Crippen LogP contribution in [0.15, 0.2) is 12.2 Å². The lowest BCUT2D eigenvalue weighted by Crippen LogP contribution is -2.48. The third kappa shape index (κ3) is 2.28. The number of amides is 1. The van der Waals surface area contributed by atoms with Crippen LogP contribution in [0, 0.1) is 5.41 Å². The average molecular weight is 225 g/mol. The summed E-state index contributed by atoms with van der Waals surface area (Å²) in [6.07, 6.45) is 6.22. The average Bonchev–Trinajstić information content (AvgIpc) is 2.65. The van der Waals surface area contributed by atoms with Crippen molar-refractivity contribution in [1.82, 2.24) is 5.32 Å². The number of rotatable bonds is 2. The SMILES string of the molecule is CC1(C(=O)N[C@@H]2COC[C@H]2O)CC=CCC1. The minimum Gasteiger partial charge on any atom is -0.388 e. The van der Waals surface area contributed by atoms with Gasteiger partial charge in [-0.15, -0.1) is 0 Å². The lowest BCUT2D eigenvalue weighted by molar-refractivity contribution is -0.131. The quantitative estimate of drug-likeness (QED) is 0.677. The van der Waals surface area contributed by atoms with Crippen LogP contribution in [-0.4, -0.2) is 36.4 Å². The van der Waals surface area contributed by atoms with Crippen LogP contribution in [0.3, 0.4) is 0 Å². The van der Waals surface area contributed by atoms with E-state index < -0.39 is 6.10 Å². The second-order valence-corrected chi connectivity index (χ2v) is 4.96. The molecular formula is C12H19NO3. The maximum Gasteiger partial charge on any atom is 0.226 e. The number of aliphatic hydroxyl groups excluding tert-OH is 1. The molecule has 3 atom stereocenters. The predicted octanol–water partition coefficient (Wildman–Crippen LogP) is 0.609. The second-order valence-electron chi connectivity index (χ2n) is 4.96. The van der Waals surface area contributed by atoms with E-state index in [-0.39, 0.29) is 17.4 Å². The summed E-state index contributed by atoms with van der Waals surface area (Å²) in [6, 6.07) is -0.241. The molecule has 0 radical (unpaired) electrons. The number of hydrogen-bond acceptors (Lipinski definition) is 3. The first-order chi connectivity index (χ1) is 7.62. The Labute approximate surface area is 95.7 Å². The largest absolute Gasteiger partial charge is 0.388 e. The number of carbonyl (C=O) groups excluding carboxylic acids is 1. The second kappa shape index (κ2) is 4.55. The van der Waals surface area contributed by atoms with Gasteiger partial charge in [-0.1, -0.05) is 19.1 Å². The predicted molar refractivity (Wildman–Crippen MR) is 59.9 cm³/mol. The first-order valence-corrected chi connectivity index (χ1v) is 5.84. The minimum absolute atomic E-state index is 0.0337. The molecule has 0 aromatic rings. The van der Waals surface area contributed by atoms with Gasteiger partial charge in [-0.05, 0) is 19.3 Å². The van der Waals surface area contributed by atoms with E-state index in [1.54, 1.807) is 0 Å². The van der Waals surface area contributed by atoms with Crippen molar-refractivity contribution >= 4 is 5.91 Å². The molecule has 0 aromatic heterocycles. The van der Waals surface area contributed by atoms with Crippen molar-refractivity contribution in [1.29, 1.82) is 0 Å². The zero-order valence-electron chi connectivity index (χ0n) is 9.61. The first-order valence-electron chi connectivity index (χ1n) is 5.84. The Balaban J connectivity index is 1.94. The Morgan fingerprint density at radius 3 is 2.88 bits per heavy atom. The fraction of sp³-hybridized carbons (Fsp3) is 0.750. The van der Waals surface area contributed by atoms with E-state index in [4.69, 9.17) is 4.74 Å². The van der Waals surface area contributed by atoms with Crippen LogP contribution in [0.2, 0.25) is 0 Å². The topological polar surface area (TPSA) is 58.6 Å². The van der Waals surface area contributed by atoms with Gasteiger partial charge >= 0.3 is 0 Å². The van der Waals surface area contributed by atoms with E-state index >= 15 is 0 Å². The highest BCUT2D eigenvalue weighted by Gasteiger charge is 2.36. The van der Waals surface area contributed by atoms with Crippen LogP contribution < -0.4 is 5.32 Å². The molecule has 2 N–H and O–H groups in total. The summed E-state index contributed by atoms with van der Waals surface area (Å²) in [5.74, 6) is 0.0337. The van der Waals surface area contributed by atoms with E-state index in [1.165, 1.54) is 0 Å². The molecule has 0 saturated carbocycles. The maximum absolute atomic E-state index is 12.1. The van der Waals surface area contributed by atoms with Crippen molar-refractivity contribution in [3.63, 3.8) is 0 Å². The molecule has 90 valence electrons. The highest BCUT2D eigenvalue weighted by molar-refractivity contribution is 5.83. The van der Waals surface area contributed by atoms with Gasteiger partial charge in [0.2, 0.25) is 5.91 Å². The summed E-state index contributed by atoms with van der Waals surface area (Å²) < 4.78 is 5.11. The van der Waals surface area contributed by atoms with Crippen LogP contribution in [0.25, 0.3) is 0 Å². The van der Waals surface area contributed by atoms with Gasteiger partial charge in [0.25, 0.3) is 0 Å². The van der Waals surface area contributed by atoms with Crippen LogP contribution in [-0.2, 0) is 9.53 Å². The normalized spacial score (nSPS) is 38.6. The Bertz CT molecular complexity index is 303. The standard InChI is InChI=1S/C12H19NO3/c1-12(5-3-2-4-6-12)11(15)13-9-7-16-8-10(9)14/h2-3,9-10,14H,4-8H2,1H3,(H,13,15)/t9-,10-,12?/m1/s1. The van der Waals surface area contributed by atoms with Gasteiger partial charge in [0.05, 0.1) is 30.8 Å². The van der Waals surface area contributed by atoms with Crippen molar-refractivity contribution in [2.75, 3.05) is 13.2 Å². The van der Waals surface area contributed by atoms with Gasteiger partial charge in [-0.2, -0.15) is 0 Å². The summed E-state index contributed by atoms with van der Waals surface area (Å²) >= 11 is 0. The van der Waals surface area contributed by atoms with Crippen molar-refractivity contribution in [3.8, 4) is 0 Å². The van der Waals surface area contributed by atoms with E-state index in [2.05, 4.69) is 17.5 Å². The van der Waals surface area contributed by atoms with Gasteiger partial charge in [-0.3, -0.25) is 4.79 Å². The number of hydrogen-bond donors (Lipinski definition) is 2. The van der Waals surface area contributed by atoms with Crippen LogP contribution in [0.4, 0.5) is 0 Å². The Kier molecular flexibility index (Phi) is 3.30. The lowest BCUT2D eigenvalue weighted by atomic mass is 9.78. The molecule has 1 fully saturated rings. The number of aliphatic hydroxyl groups is 1. The molecule has 1 unspecified atom stereocenters. The third-order valence-electron chi connectivity index (χ3n) is 3.51. The molecule has 4 heteroatoms. The maximum atomic E-state index is 12.1. The fourth-order valence-corrected chi connectivity index (χ4v) is 2.19. The Morgan fingerprint density at radius 1 is 1.50 bits per heavy atom. The summed E-state index contributed by atoms with van der Waals surface area (Å²) in [6.45, 7) is 2.72. The van der Waals surface area contributed by atoms with E-state index in [0.717, 1.165) is 19.3 Å². The molecule has 0 aromatic carbocycles. The molecule has 16 heavy (non-hydrogen) atoms. The summed E-state index contributed by atoms with van der Waals surface area (Å²) in [7, 11) is 0. The summed E-state index contributed by atoms with van der Waals surface area (Å²) in [5, 5.41) is 12.5. The monoisotopic (exact) mass is 225 g/mol. The molecule has 2 aliphatic rings. The zero-order chi connectivity index (χ0) is 11.6. The van der Waals surface area contributed by atoms with Crippen LogP contribution >= 0.6 is 0 Å². The summed E-state index contributed by atoms with van der Waals surface area (Å²) in [4.78, 5) is 12.1. The highest BCUT2D eigenvalue weighted by Crippen LogP contribution is 2.32. The Morgan fingerprint density at radius 2 is 2.31 bits per heavy atom. The molecule has 2 rings (SSSR count). The van der Waals surface area contributed by atoms with Gasteiger partial charge in [0.15, 0.2) is 0 Å². The van der Waals surface area contributed by atoms with E-state index in [0.29, 0.717) is 13.2 Å². The molecule has 1 aliphatic carbocycles. The highest BCUT2D eigenvalue weighted by atomic mass is 16.5. The van der Waals surface area contributed by atoms with Crippen molar-refractivity contribution in [2.45, 2.75) is 38.3 Å². The molecule has 0 spiro atoms. The first kappa shape index (κ1) is 11.6. The minimum atomic E-state index is -0.563. The van der Waals surface area contributed by atoms with Crippen LogP contribution in [0.5, 0.6) is 0 Å². The van der Waals surface area contributed by atoms with Gasteiger partial charge < -0.3 is 15.2 Å². The molecule has 0 bridgehead atoms. The molecule has 1 aliphatic heterocycles. The van der Waals surface area contributed by atoms with Crippen molar-refractivity contribution < 1.29 is 14.6 Å².